The van der Waals surface area contributed by atoms with Crippen LogP contribution in [0.4, 0.5) is 0 Å². The second kappa shape index (κ2) is 8.04. The molecule has 7 aromatic rings. The summed E-state index contributed by atoms with van der Waals surface area (Å²) < 4.78 is 1.05. The van der Waals surface area contributed by atoms with Gasteiger partial charge >= 0.3 is 0 Å². The van der Waals surface area contributed by atoms with E-state index in [0.29, 0.717) is 0 Å². The standard InChI is InChI=1S/C33H20BrN/c34-28-18-26(17-27(19-28)31-16-13-25(20-35-31)21-5-2-1-3-6-21)29-14-11-24-10-9-22-7-4-8-23-12-15-30(29)33(24)32(22)23/h1-20H. The number of hydrogen-bond acceptors (Lipinski definition) is 1. The van der Waals surface area contributed by atoms with Gasteiger partial charge in [-0.3, -0.25) is 4.98 Å². The fourth-order valence-corrected chi connectivity index (χ4v) is 5.74. The van der Waals surface area contributed by atoms with Crippen LogP contribution in [0.1, 0.15) is 0 Å². The summed E-state index contributed by atoms with van der Waals surface area (Å²) in [7, 11) is 0. The molecule has 0 amide bonds. The Hall–Kier alpha value is -4.01. The molecular weight excluding hydrogens is 490 g/mol. The summed E-state index contributed by atoms with van der Waals surface area (Å²) in [4.78, 5) is 4.81. The van der Waals surface area contributed by atoms with E-state index < -0.39 is 0 Å². The molecule has 1 aromatic heterocycles. The third-order valence-electron chi connectivity index (χ3n) is 6.90. The third-order valence-corrected chi connectivity index (χ3v) is 7.36. The first-order valence-electron chi connectivity index (χ1n) is 11.7. The second-order valence-corrected chi connectivity index (χ2v) is 9.91. The predicted octanol–water partition coefficient (Wildman–Crippen LogP) is 9.74. The first-order chi connectivity index (χ1) is 17.2. The molecule has 7 rings (SSSR count). The van der Waals surface area contributed by atoms with Crippen molar-refractivity contribution in [2.24, 2.45) is 0 Å². The van der Waals surface area contributed by atoms with Crippen LogP contribution in [0.2, 0.25) is 0 Å². The van der Waals surface area contributed by atoms with Gasteiger partial charge < -0.3 is 0 Å². The van der Waals surface area contributed by atoms with Crippen molar-refractivity contribution >= 4 is 48.2 Å². The number of aromatic nitrogens is 1. The van der Waals surface area contributed by atoms with Crippen molar-refractivity contribution in [3.63, 3.8) is 0 Å². The minimum Gasteiger partial charge on any atom is -0.256 e. The van der Waals surface area contributed by atoms with Crippen molar-refractivity contribution in [2.45, 2.75) is 0 Å². The molecule has 6 aromatic carbocycles. The average Bonchev–Trinajstić information content (AvgIpc) is 2.92. The van der Waals surface area contributed by atoms with E-state index in [9.17, 15) is 0 Å². The van der Waals surface area contributed by atoms with Gasteiger partial charge in [0.2, 0.25) is 0 Å². The zero-order chi connectivity index (χ0) is 23.4. The summed E-state index contributed by atoms with van der Waals surface area (Å²) in [6.45, 7) is 0. The van der Waals surface area contributed by atoms with Crippen LogP contribution in [0.15, 0.2) is 126 Å². The number of halogens is 1. The summed E-state index contributed by atoms with van der Waals surface area (Å²) >= 11 is 3.76. The molecule has 0 N–H and O–H groups in total. The lowest BCUT2D eigenvalue weighted by Crippen LogP contribution is -1.89. The summed E-state index contributed by atoms with van der Waals surface area (Å²) in [6, 6.07) is 41.2. The zero-order valence-corrected chi connectivity index (χ0v) is 20.5. The van der Waals surface area contributed by atoms with Gasteiger partial charge in [0.1, 0.15) is 0 Å². The first-order valence-corrected chi connectivity index (χ1v) is 12.5. The molecule has 0 bridgehead atoms. The molecular formula is C33H20BrN. The van der Waals surface area contributed by atoms with Gasteiger partial charge in [-0.05, 0) is 73.3 Å². The minimum absolute atomic E-state index is 0.963. The second-order valence-electron chi connectivity index (χ2n) is 9.00. The Kier molecular flexibility index (Phi) is 4.68. The maximum absolute atomic E-state index is 4.81. The van der Waals surface area contributed by atoms with E-state index >= 15 is 0 Å². The number of pyridine rings is 1. The molecule has 35 heavy (non-hydrogen) atoms. The summed E-state index contributed by atoms with van der Waals surface area (Å²) in [6.07, 6.45) is 1.96. The van der Waals surface area contributed by atoms with Crippen LogP contribution in [0.5, 0.6) is 0 Å². The fraction of sp³-hybridized carbons (Fsp3) is 0. The van der Waals surface area contributed by atoms with Crippen LogP contribution in [0.3, 0.4) is 0 Å². The quantitative estimate of drug-likeness (QED) is 0.216. The molecule has 0 aliphatic heterocycles. The molecule has 0 spiro atoms. The van der Waals surface area contributed by atoms with Crippen LogP contribution in [0.25, 0.3) is 65.8 Å². The van der Waals surface area contributed by atoms with Crippen molar-refractivity contribution in [1.29, 1.82) is 0 Å². The smallest absolute Gasteiger partial charge is 0.0703 e. The average molecular weight is 510 g/mol. The van der Waals surface area contributed by atoms with Crippen LogP contribution < -0.4 is 0 Å². The molecule has 1 nitrogen and oxygen atoms in total. The van der Waals surface area contributed by atoms with Gasteiger partial charge in [-0.15, -0.1) is 0 Å². The normalized spacial score (nSPS) is 11.6. The maximum Gasteiger partial charge on any atom is 0.0703 e. The highest BCUT2D eigenvalue weighted by atomic mass is 79.9. The molecule has 0 saturated carbocycles. The van der Waals surface area contributed by atoms with Crippen LogP contribution in [0, 0.1) is 0 Å². The number of hydrogen-bond donors (Lipinski definition) is 0. The van der Waals surface area contributed by atoms with Gasteiger partial charge in [-0.1, -0.05) is 107 Å². The molecule has 0 aliphatic carbocycles. The Labute approximate surface area is 212 Å². The molecule has 0 radical (unpaired) electrons. The van der Waals surface area contributed by atoms with Crippen molar-refractivity contribution in [3.05, 3.63) is 126 Å². The molecule has 0 aliphatic rings. The number of nitrogens with zero attached hydrogens (tertiary/aromatic N) is 1. The highest BCUT2D eigenvalue weighted by Gasteiger charge is 2.13. The van der Waals surface area contributed by atoms with E-state index in [4.69, 9.17) is 4.98 Å². The van der Waals surface area contributed by atoms with E-state index in [1.807, 2.05) is 12.3 Å². The monoisotopic (exact) mass is 509 g/mol. The largest absolute Gasteiger partial charge is 0.256 e. The van der Waals surface area contributed by atoms with Gasteiger partial charge in [-0.2, -0.15) is 0 Å². The third kappa shape index (κ3) is 3.41. The minimum atomic E-state index is 0.963. The summed E-state index contributed by atoms with van der Waals surface area (Å²) in [5, 5.41) is 7.82. The molecule has 0 atom stereocenters. The molecule has 0 fully saturated rings. The fourth-order valence-electron chi connectivity index (χ4n) is 5.25. The Morgan fingerprint density at radius 3 is 1.97 bits per heavy atom. The van der Waals surface area contributed by atoms with Crippen molar-refractivity contribution < 1.29 is 0 Å². The Bertz CT molecular complexity index is 1820. The Morgan fingerprint density at radius 2 is 1.20 bits per heavy atom. The van der Waals surface area contributed by atoms with Crippen molar-refractivity contribution in [2.75, 3.05) is 0 Å². The predicted molar refractivity (Wildman–Crippen MR) is 152 cm³/mol. The molecule has 0 saturated heterocycles. The highest BCUT2D eigenvalue weighted by molar-refractivity contribution is 9.10. The van der Waals surface area contributed by atoms with Gasteiger partial charge in [0, 0.05) is 21.8 Å². The van der Waals surface area contributed by atoms with E-state index in [1.165, 1.54) is 49.0 Å². The highest BCUT2D eigenvalue weighted by Crippen LogP contribution is 2.40. The molecule has 1 heterocycles. The van der Waals surface area contributed by atoms with E-state index in [1.54, 1.807) is 0 Å². The lowest BCUT2D eigenvalue weighted by Gasteiger charge is -2.15. The summed E-state index contributed by atoms with van der Waals surface area (Å²) in [5.41, 5.74) is 6.77. The van der Waals surface area contributed by atoms with E-state index in [0.717, 1.165) is 21.3 Å². The van der Waals surface area contributed by atoms with Gasteiger partial charge in [0.15, 0.2) is 0 Å². The van der Waals surface area contributed by atoms with Crippen LogP contribution >= 0.6 is 15.9 Å². The van der Waals surface area contributed by atoms with Gasteiger partial charge in [0.05, 0.1) is 5.69 Å². The zero-order valence-electron chi connectivity index (χ0n) is 18.9. The summed E-state index contributed by atoms with van der Waals surface area (Å²) in [5.74, 6) is 0. The van der Waals surface area contributed by atoms with Crippen LogP contribution in [-0.4, -0.2) is 4.98 Å². The maximum atomic E-state index is 4.81. The first kappa shape index (κ1) is 20.4. The number of benzene rings is 6. The Morgan fingerprint density at radius 1 is 0.486 bits per heavy atom. The van der Waals surface area contributed by atoms with Crippen molar-refractivity contribution in [3.8, 4) is 33.5 Å². The lowest BCUT2D eigenvalue weighted by atomic mass is 9.89. The van der Waals surface area contributed by atoms with Gasteiger partial charge in [0.25, 0.3) is 0 Å². The topological polar surface area (TPSA) is 12.9 Å². The van der Waals surface area contributed by atoms with Crippen molar-refractivity contribution in [1.82, 2.24) is 4.98 Å². The lowest BCUT2D eigenvalue weighted by molar-refractivity contribution is 1.32. The van der Waals surface area contributed by atoms with E-state index in [2.05, 4.69) is 125 Å². The Balaban J connectivity index is 1.38. The molecule has 164 valence electrons. The number of rotatable bonds is 3. The molecule has 0 unspecified atom stereocenters. The van der Waals surface area contributed by atoms with Gasteiger partial charge in [-0.25, -0.2) is 0 Å². The van der Waals surface area contributed by atoms with Crippen LogP contribution in [-0.2, 0) is 0 Å². The van der Waals surface area contributed by atoms with E-state index in [-0.39, 0.29) is 0 Å². The SMILES string of the molecule is Brc1cc(-c2ccc(-c3ccccc3)cn2)cc(-c2ccc3ccc4cccc5ccc2c3c45)c1. The molecule has 2 heteroatoms.